The Kier molecular flexibility index (Phi) is 7.54. The summed E-state index contributed by atoms with van der Waals surface area (Å²) >= 11 is 0. The number of hydrogen-bond acceptors (Lipinski definition) is 4. The van der Waals surface area contributed by atoms with Crippen molar-refractivity contribution in [3.63, 3.8) is 0 Å². The van der Waals surface area contributed by atoms with E-state index in [0.29, 0.717) is 24.8 Å². The van der Waals surface area contributed by atoms with Gasteiger partial charge >= 0.3 is 0 Å². The van der Waals surface area contributed by atoms with E-state index in [0.717, 1.165) is 18.4 Å². The van der Waals surface area contributed by atoms with Crippen LogP contribution in [0.5, 0.6) is 5.75 Å². The van der Waals surface area contributed by atoms with E-state index in [1.54, 1.807) is 11.0 Å². The van der Waals surface area contributed by atoms with Crippen LogP contribution < -0.4 is 9.46 Å². The third-order valence-corrected chi connectivity index (χ3v) is 7.93. The molecule has 1 heterocycles. The molecular weight excluding hydrogens is 436 g/mol. The number of amides is 1. The Bertz CT molecular complexity index is 1080. The average molecular weight is 473 g/mol. The van der Waals surface area contributed by atoms with Crippen LogP contribution in [0.4, 0.5) is 0 Å². The molecule has 1 aliphatic rings. The number of nitrogens with zero attached hydrogens (tertiary/aromatic N) is 1. The SMILES string of the molecule is COc1ccc(S(=O)(=O)NC(C)c2ccc(C(C)(C)C)cc2)cc1C(=O)N1CCC(C)CC1. The first-order valence-electron chi connectivity index (χ1n) is 11.5. The molecule has 7 heteroatoms. The zero-order valence-corrected chi connectivity index (χ0v) is 21.3. The summed E-state index contributed by atoms with van der Waals surface area (Å²) in [6.07, 6.45) is 1.89. The van der Waals surface area contributed by atoms with Crippen molar-refractivity contribution in [1.82, 2.24) is 9.62 Å². The molecule has 1 saturated heterocycles. The summed E-state index contributed by atoms with van der Waals surface area (Å²) in [6.45, 7) is 11.7. The van der Waals surface area contributed by atoms with Crippen molar-refractivity contribution in [2.75, 3.05) is 20.2 Å². The predicted octanol–water partition coefficient (Wildman–Crippen LogP) is 4.90. The van der Waals surface area contributed by atoms with Crippen LogP contribution in [-0.2, 0) is 15.4 Å². The average Bonchev–Trinajstić information content (AvgIpc) is 2.78. The molecule has 0 radical (unpaired) electrons. The molecule has 0 aromatic heterocycles. The minimum absolute atomic E-state index is 0.0275. The van der Waals surface area contributed by atoms with Gasteiger partial charge in [0.1, 0.15) is 5.75 Å². The molecule has 1 fully saturated rings. The Balaban J connectivity index is 1.82. The Morgan fingerprint density at radius 3 is 2.24 bits per heavy atom. The van der Waals surface area contributed by atoms with Gasteiger partial charge in [0.25, 0.3) is 5.91 Å². The molecule has 6 nitrogen and oxygen atoms in total. The summed E-state index contributed by atoms with van der Waals surface area (Å²) in [5, 5.41) is 0. The molecule has 3 rings (SSSR count). The number of piperidine rings is 1. The molecule has 0 spiro atoms. The number of methoxy groups -OCH3 is 1. The molecule has 1 amide bonds. The third-order valence-electron chi connectivity index (χ3n) is 6.39. The van der Waals surface area contributed by atoms with Crippen LogP contribution in [0.1, 0.15) is 75.0 Å². The number of ether oxygens (including phenoxy) is 1. The second kappa shape index (κ2) is 9.85. The molecule has 0 bridgehead atoms. The topological polar surface area (TPSA) is 75.7 Å². The molecule has 1 N–H and O–H groups in total. The smallest absolute Gasteiger partial charge is 0.257 e. The number of sulfonamides is 1. The maximum Gasteiger partial charge on any atom is 0.257 e. The lowest BCUT2D eigenvalue weighted by molar-refractivity contribution is 0.0693. The zero-order valence-electron chi connectivity index (χ0n) is 20.5. The summed E-state index contributed by atoms with van der Waals surface area (Å²) in [5.74, 6) is 0.774. The van der Waals surface area contributed by atoms with Gasteiger partial charge in [-0.2, -0.15) is 0 Å². The highest BCUT2D eigenvalue weighted by molar-refractivity contribution is 7.89. The van der Waals surface area contributed by atoms with Crippen molar-refractivity contribution >= 4 is 15.9 Å². The molecule has 1 unspecified atom stereocenters. The molecule has 1 atom stereocenters. The van der Waals surface area contributed by atoms with Crippen molar-refractivity contribution < 1.29 is 17.9 Å². The number of benzene rings is 2. The van der Waals surface area contributed by atoms with Gasteiger partial charge in [0.15, 0.2) is 0 Å². The van der Waals surface area contributed by atoms with E-state index in [1.165, 1.54) is 24.8 Å². The van der Waals surface area contributed by atoms with Crippen LogP contribution in [0, 0.1) is 5.92 Å². The molecule has 0 saturated carbocycles. The van der Waals surface area contributed by atoms with E-state index in [-0.39, 0.29) is 21.8 Å². The summed E-state index contributed by atoms with van der Waals surface area (Å²) in [6, 6.07) is 12.0. The summed E-state index contributed by atoms with van der Waals surface area (Å²) < 4.78 is 34.4. The Hall–Kier alpha value is -2.38. The quantitative estimate of drug-likeness (QED) is 0.649. The lowest BCUT2D eigenvalue weighted by atomic mass is 9.86. The standard InChI is InChI=1S/C26H36N2O4S/c1-18-13-15-28(16-14-18)25(29)23-17-22(11-12-24(23)32-6)33(30,31)27-19(2)20-7-9-21(10-8-20)26(3,4)5/h7-12,17-19,27H,13-16H2,1-6H3. The molecule has 0 aliphatic carbocycles. The number of likely N-dealkylation sites (tertiary alicyclic amines) is 1. The van der Waals surface area contributed by atoms with Crippen LogP contribution in [0.15, 0.2) is 47.4 Å². The first-order valence-corrected chi connectivity index (χ1v) is 13.0. The summed E-state index contributed by atoms with van der Waals surface area (Å²) in [7, 11) is -2.36. The highest BCUT2D eigenvalue weighted by atomic mass is 32.2. The normalized spacial score (nSPS) is 16.5. The number of carbonyl (C=O) groups excluding carboxylic acids is 1. The predicted molar refractivity (Wildman–Crippen MR) is 131 cm³/mol. The minimum atomic E-state index is -3.84. The largest absolute Gasteiger partial charge is 0.496 e. The summed E-state index contributed by atoms with van der Waals surface area (Å²) in [5.41, 5.74) is 2.36. The van der Waals surface area contributed by atoms with Crippen LogP contribution in [0.3, 0.4) is 0 Å². The fraction of sp³-hybridized carbons (Fsp3) is 0.500. The van der Waals surface area contributed by atoms with Gasteiger partial charge in [-0.3, -0.25) is 4.79 Å². The second-order valence-electron chi connectivity index (χ2n) is 10.1. The number of nitrogens with one attached hydrogen (secondary N) is 1. The van der Waals surface area contributed by atoms with Crippen molar-refractivity contribution in [1.29, 1.82) is 0 Å². The first kappa shape index (κ1) is 25.2. The minimum Gasteiger partial charge on any atom is -0.496 e. The lowest BCUT2D eigenvalue weighted by Gasteiger charge is -2.30. The van der Waals surface area contributed by atoms with E-state index < -0.39 is 16.1 Å². The van der Waals surface area contributed by atoms with Crippen molar-refractivity contribution in [2.24, 2.45) is 5.92 Å². The van der Waals surface area contributed by atoms with E-state index in [2.05, 4.69) is 32.4 Å². The Morgan fingerprint density at radius 2 is 1.70 bits per heavy atom. The molecule has 180 valence electrons. The van der Waals surface area contributed by atoms with Gasteiger partial charge in [-0.1, -0.05) is 52.0 Å². The Morgan fingerprint density at radius 1 is 1.09 bits per heavy atom. The van der Waals surface area contributed by atoms with Gasteiger partial charge in [-0.15, -0.1) is 0 Å². The molecule has 2 aromatic rings. The zero-order chi connectivity index (χ0) is 24.4. The van der Waals surface area contributed by atoms with Crippen LogP contribution in [0.25, 0.3) is 0 Å². The van der Waals surface area contributed by atoms with Gasteiger partial charge in [-0.25, -0.2) is 13.1 Å². The van der Waals surface area contributed by atoms with Crippen LogP contribution in [-0.4, -0.2) is 39.4 Å². The van der Waals surface area contributed by atoms with Crippen LogP contribution in [0.2, 0.25) is 0 Å². The van der Waals surface area contributed by atoms with E-state index in [9.17, 15) is 13.2 Å². The van der Waals surface area contributed by atoms with Crippen molar-refractivity contribution in [3.8, 4) is 5.75 Å². The number of hydrogen-bond donors (Lipinski definition) is 1. The number of rotatable bonds is 6. The van der Waals surface area contributed by atoms with Crippen molar-refractivity contribution in [2.45, 2.75) is 63.8 Å². The van der Waals surface area contributed by atoms with E-state index in [1.807, 2.05) is 31.2 Å². The van der Waals surface area contributed by atoms with Gasteiger partial charge < -0.3 is 9.64 Å². The second-order valence-corrected chi connectivity index (χ2v) is 11.8. The molecule has 1 aliphatic heterocycles. The lowest BCUT2D eigenvalue weighted by Crippen LogP contribution is -2.38. The maximum atomic E-state index is 13.2. The van der Waals surface area contributed by atoms with Gasteiger partial charge in [0, 0.05) is 19.1 Å². The Labute approximate surface area is 198 Å². The molecular formula is C26H36N2O4S. The highest BCUT2D eigenvalue weighted by Crippen LogP contribution is 2.28. The van der Waals surface area contributed by atoms with Gasteiger partial charge in [-0.05, 0) is 60.4 Å². The first-order chi connectivity index (χ1) is 15.4. The van der Waals surface area contributed by atoms with Crippen molar-refractivity contribution in [3.05, 3.63) is 59.2 Å². The fourth-order valence-electron chi connectivity index (χ4n) is 4.04. The highest BCUT2D eigenvalue weighted by Gasteiger charge is 2.27. The van der Waals surface area contributed by atoms with Gasteiger partial charge in [0.05, 0.1) is 17.6 Å². The number of carbonyl (C=O) groups is 1. The van der Waals surface area contributed by atoms with E-state index in [4.69, 9.17) is 4.74 Å². The monoisotopic (exact) mass is 472 g/mol. The third kappa shape index (κ3) is 5.95. The fourth-order valence-corrected chi connectivity index (χ4v) is 5.30. The van der Waals surface area contributed by atoms with E-state index >= 15 is 0 Å². The van der Waals surface area contributed by atoms with Gasteiger partial charge in [0.2, 0.25) is 10.0 Å². The van der Waals surface area contributed by atoms with Crippen LogP contribution >= 0.6 is 0 Å². The molecule has 2 aromatic carbocycles. The molecule has 33 heavy (non-hydrogen) atoms. The summed E-state index contributed by atoms with van der Waals surface area (Å²) in [4.78, 5) is 15.0. The maximum absolute atomic E-state index is 13.2.